The van der Waals surface area contributed by atoms with Gasteiger partial charge in [0.2, 0.25) is 0 Å². The minimum Gasteiger partial charge on any atom is -0.402 e. The van der Waals surface area contributed by atoms with Crippen molar-refractivity contribution in [3.05, 3.63) is 82.6 Å². The number of fused-ring (bicyclic) bond motifs is 6. The van der Waals surface area contributed by atoms with Crippen LogP contribution in [0, 0.1) is 11.8 Å². The Kier molecular flexibility index (Phi) is 3.41. The molecule has 0 saturated heterocycles. The van der Waals surface area contributed by atoms with E-state index < -0.39 is 0 Å². The van der Waals surface area contributed by atoms with Crippen molar-refractivity contribution in [2.45, 2.75) is 25.7 Å². The second kappa shape index (κ2) is 5.77. The Labute approximate surface area is 149 Å². The van der Waals surface area contributed by atoms with Crippen molar-refractivity contribution in [3.8, 4) is 0 Å². The predicted octanol–water partition coefficient (Wildman–Crippen LogP) is 5.40. The Morgan fingerprint density at radius 3 is 2.48 bits per heavy atom. The normalized spacial score (nSPS) is 24.1. The first kappa shape index (κ1) is 14.8. The summed E-state index contributed by atoms with van der Waals surface area (Å²) < 4.78 is 0. The zero-order valence-electron chi connectivity index (χ0n) is 14.4. The van der Waals surface area contributed by atoms with Gasteiger partial charge in [-0.05, 0) is 76.6 Å². The molecule has 2 N–H and O–H groups in total. The van der Waals surface area contributed by atoms with Gasteiger partial charge in [-0.15, -0.1) is 0 Å². The summed E-state index contributed by atoms with van der Waals surface area (Å²) in [7, 11) is 0. The average Bonchev–Trinajstić information content (AvgIpc) is 2.68. The molecule has 0 aliphatic heterocycles. The van der Waals surface area contributed by atoms with Gasteiger partial charge in [0.15, 0.2) is 0 Å². The molecular weight excluding hydrogens is 302 g/mol. The van der Waals surface area contributed by atoms with Crippen LogP contribution in [-0.2, 0) is 12.8 Å². The summed E-state index contributed by atoms with van der Waals surface area (Å²) in [5.41, 5.74) is 13.1. The van der Waals surface area contributed by atoms with Gasteiger partial charge in [-0.3, -0.25) is 0 Å². The molecule has 3 aliphatic rings. The van der Waals surface area contributed by atoms with Crippen molar-refractivity contribution in [1.82, 2.24) is 0 Å². The van der Waals surface area contributed by atoms with Crippen LogP contribution in [0.1, 0.15) is 35.1 Å². The molecule has 0 aromatic heterocycles. The van der Waals surface area contributed by atoms with Gasteiger partial charge in [0, 0.05) is 5.70 Å². The zero-order chi connectivity index (χ0) is 16.8. The lowest BCUT2D eigenvalue weighted by molar-refractivity contribution is 0.470. The van der Waals surface area contributed by atoms with Crippen LogP contribution in [0.3, 0.4) is 0 Å². The Morgan fingerprint density at radius 2 is 1.68 bits per heavy atom. The number of nitrogens with two attached hydrogens (primary N) is 1. The molecule has 0 radical (unpaired) electrons. The first-order valence-corrected chi connectivity index (χ1v) is 9.35. The third kappa shape index (κ3) is 2.38. The van der Waals surface area contributed by atoms with E-state index in [1.165, 1.54) is 27.5 Å². The highest BCUT2D eigenvalue weighted by atomic mass is 14.6. The molecule has 0 fully saturated rings. The van der Waals surface area contributed by atoms with E-state index in [9.17, 15) is 0 Å². The molecule has 5 rings (SSSR count). The molecule has 0 saturated carbocycles. The average molecular weight is 325 g/mol. The molecule has 2 aromatic carbocycles. The third-order valence-corrected chi connectivity index (χ3v) is 6.03. The van der Waals surface area contributed by atoms with E-state index in [4.69, 9.17) is 5.73 Å². The van der Waals surface area contributed by atoms with Crippen molar-refractivity contribution in [2.24, 2.45) is 17.6 Å². The van der Waals surface area contributed by atoms with Crippen LogP contribution in [0.5, 0.6) is 0 Å². The number of hydrogen-bond acceptors (Lipinski definition) is 1. The molecule has 0 spiro atoms. The summed E-state index contributed by atoms with van der Waals surface area (Å²) >= 11 is 0. The highest BCUT2D eigenvalue weighted by molar-refractivity contribution is 6.00. The number of rotatable bonds is 1. The molecule has 3 aliphatic carbocycles. The summed E-state index contributed by atoms with van der Waals surface area (Å²) in [4.78, 5) is 0. The lowest BCUT2D eigenvalue weighted by atomic mass is 9.74. The summed E-state index contributed by atoms with van der Waals surface area (Å²) in [5, 5.41) is 2.72. The fourth-order valence-corrected chi connectivity index (χ4v) is 4.74. The Morgan fingerprint density at radius 1 is 0.840 bits per heavy atom. The Hall–Kier alpha value is -2.54. The van der Waals surface area contributed by atoms with E-state index in [0.29, 0.717) is 11.8 Å². The summed E-state index contributed by atoms with van der Waals surface area (Å²) in [6, 6.07) is 8.81. The van der Waals surface area contributed by atoms with Gasteiger partial charge in [-0.25, -0.2) is 0 Å². The zero-order valence-corrected chi connectivity index (χ0v) is 14.4. The van der Waals surface area contributed by atoms with Crippen molar-refractivity contribution in [2.75, 3.05) is 0 Å². The Balaban J connectivity index is 1.69. The fraction of sp³-hybridized carbons (Fsp3) is 0.250. The van der Waals surface area contributed by atoms with Gasteiger partial charge in [-0.1, -0.05) is 60.7 Å². The van der Waals surface area contributed by atoms with Gasteiger partial charge < -0.3 is 5.73 Å². The fourth-order valence-electron chi connectivity index (χ4n) is 4.74. The van der Waals surface area contributed by atoms with E-state index in [1.54, 1.807) is 5.56 Å². The highest BCUT2D eigenvalue weighted by Crippen LogP contribution is 2.41. The molecule has 2 unspecified atom stereocenters. The molecule has 1 heteroatoms. The van der Waals surface area contributed by atoms with Crippen LogP contribution in [0.4, 0.5) is 0 Å². The molecule has 124 valence electrons. The quantitative estimate of drug-likeness (QED) is 0.746. The van der Waals surface area contributed by atoms with Gasteiger partial charge in [0.25, 0.3) is 0 Å². The molecule has 1 nitrogen and oxygen atoms in total. The molecular formula is C24H23N. The molecule has 0 bridgehead atoms. The van der Waals surface area contributed by atoms with E-state index in [1.807, 2.05) is 0 Å². The van der Waals surface area contributed by atoms with Gasteiger partial charge in [-0.2, -0.15) is 0 Å². The smallest absolute Gasteiger partial charge is 0.00901 e. The van der Waals surface area contributed by atoms with Crippen LogP contribution in [0.2, 0.25) is 0 Å². The minimum absolute atomic E-state index is 0.599. The van der Waals surface area contributed by atoms with Crippen molar-refractivity contribution in [3.63, 3.8) is 0 Å². The maximum Gasteiger partial charge on any atom is 0.00901 e. The number of hydrogen-bond donors (Lipinski definition) is 1. The molecule has 25 heavy (non-hydrogen) atoms. The lowest BCUT2D eigenvalue weighted by Gasteiger charge is -2.31. The van der Waals surface area contributed by atoms with Crippen LogP contribution in [0.25, 0.3) is 22.9 Å². The van der Waals surface area contributed by atoms with Gasteiger partial charge in [0.05, 0.1) is 0 Å². The van der Waals surface area contributed by atoms with Crippen molar-refractivity contribution in [1.29, 1.82) is 0 Å². The van der Waals surface area contributed by atoms with Crippen LogP contribution in [-0.4, -0.2) is 0 Å². The summed E-state index contributed by atoms with van der Waals surface area (Å²) in [6.07, 6.45) is 20.5. The first-order valence-electron chi connectivity index (χ1n) is 9.35. The first-order chi connectivity index (χ1) is 12.3. The van der Waals surface area contributed by atoms with E-state index >= 15 is 0 Å². The molecule has 2 atom stereocenters. The standard InChI is InChI=1S/C24H23N/c25-18-11-13-22-23-14-17(16-6-2-1-3-7-16)10-12-21(23)19-8-4-5-9-20(19)24(22)15-18/h1-6,8-10,12,15-17H,7,11,13-14,25H2. The Bertz CT molecular complexity index is 971. The lowest BCUT2D eigenvalue weighted by Crippen LogP contribution is -2.20. The number of benzene rings is 2. The molecule has 0 heterocycles. The third-order valence-electron chi connectivity index (χ3n) is 6.03. The monoisotopic (exact) mass is 325 g/mol. The second-order valence-electron chi connectivity index (χ2n) is 7.49. The maximum atomic E-state index is 6.19. The van der Waals surface area contributed by atoms with Crippen LogP contribution in [0.15, 0.2) is 60.3 Å². The van der Waals surface area contributed by atoms with Crippen LogP contribution < -0.4 is 5.73 Å². The second-order valence-corrected chi connectivity index (χ2v) is 7.49. The largest absolute Gasteiger partial charge is 0.402 e. The SMILES string of the molecule is NC1=Cc2c(c3c(c4ccccc24)C=CC(C2C=CC=CC2)C3)CC1. The predicted molar refractivity (Wildman–Crippen MR) is 107 cm³/mol. The van der Waals surface area contributed by atoms with Gasteiger partial charge >= 0.3 is 0 Å². The minimum atomic E-state index is 0.599. The topological polar surface area (TPSA) is 26.0 Å². The summed E-state index contributed by atoms with van der Waals surface area (Å²) in [5.74, 6) is 1.22. The van der Waals surface area contributed by atoms with Crippen molar-refractivity contribution >= 4 is 22.9 Å². The van der Waals surface area contributed by atoms with Crippen LogP contribution >= 0.6 is 0 Å². The highest BCUT2D eigenvalue weighted by Gasteiger charge is 2.27. The number of allylic oxidation sites excluding steroid dienone is 6. The van der Waals surface area contributed by atoms with Gasteiger partial charge in [0.1, 0.15) is 0 Å². The maximum absolute atomic E-state index is 6.19. The van der Waals surface area contributed by atoms with E-state index in [-0.39, 0.29) is 0 Å². The van der Waals surface area contributed by atoms with Crippen molar-refractivity contribution < 1.29 is 0 Å². The molecule has 2 aromatic rings. The van der Waals surface area contributed by atoms with E-state index in [2.05, 4.69) is 66.8 Å². The summed E-state index contributed by atoms with van der Waals surface area (Å²) in [6.45, 7) is 0. The van der Waals surface area contributed by atoms with E-state index in [0.717, 1.165) is 31.4 Å². The molecule has 0 amide bonds.